The minimum absolute atomic E-state index is 0.601. The highest BCUT2D eigenvalue weighted by atomic mass is 32.1. The number of benzene rings is 8. The summed E-state index contributed by atoms with van der Waals surface area (Å²) >= 11 is 1.80. The van der Waals surface area contributed by atoms with E-state index in [9.17, 15) is 0 Å². The molecule has 0 saturated heterocycles. The van der Waals surface area contributed by atoms with Crippen molar-refractivity contribution in [2.45, 2.75) is 0 Å². The first-order valence-corrected chi connectivity index (χ1v) is 19.8. The van der Waals surface area contributed by atoms with Crippen LogP contribution in [0.3, 0.4) is 0 Å². The number of thiophene rings is 1. The maximum absolute atomic E-state index is 6.25. The van der Waals surface area contributed by atoms with Crippen molar-refractivity contribution in [1.29, 1.82) is 0 Å². The maximum atomic E-state index is 6.25. The number of fused-ring (bicyclic) bond motifs is 9. The first-order valence-electron chi connectivity index (χ1n) is 19.0. The topological polar surface area (TPSA) is 56.7 Å². The summed E-state index contributed by atoms with van der Waals surface area (Å²) in [5, 5.41) is 7.13. The van der Waals surface area contributed by atoms with E-state index in [0.717, 1.165) is 44.3 Å². The van der Waals surface area contributed by atoms with E-state index in [1.807, 2.05) is 54.6 Å². The van der Waals surface area contributed by atoms with Gasteiger partial charge in [-0.1, -0.05) is 133 Å². The minimum atomic E-state index is 0.601. The van der Waals surface area contributed by atoms with Gasteiger partial charge in [-0.05, 0) is 54.1 Å². The largest absolute Gasteiger partial charge is 0.456 e. The second-order valence-corrected chi connectivity index (χ2v) is 15.5. The first-order chi connectivity index (χ1) is 28.2. The van der Waals surface area contributed by atoms with Crippen LogP contribution in [0, 0.1) is 0 Å². The summed E-state index contributed by atoms with van der Waals surface area (Å²) in [6.07, 6.45) is 0. The molecule has 0 unspecified atom stereocenters. The van der Waals surface area contributed by atoms with E-state index in [4.69, 9.17) is 19.4 Å². The first kappa shape index (κ1) is 31.9. The molecule has 0 saturated carbocycles. The number of aromatic nitrogens is 4. The molecule has 0 N–H and O–H groups in total. The van der Waals surface area contributed by atoms with Crippen molar-refractivity contribution in [3.05, 3.63) is 182 Å². The Morgan fingerprint density at radius 2 is 0.877 bits per heavy atom. The van der Waals surface area contributed by atoms with E-state index in [1.165, 1.54) is 53.1 Å². The molecule has 4 heterocycles. The molecule has 0 aliphatic carbocycles. The average molecular weight is 747 g/mol. The highest BCUT2D eigenvalue weighted by Crippen LogP contribution is 2.41. The molecule has 0 aliphatic heterocycles. The van der Waals surface area contributed by atoms with Crippen LogP contribution < -0.4 is 0 Å². The Hall–Kier alpha value is -7.41. The molecular formula is C51H30N4OS. The van der Waals surface area contributed by atoms with Crippen molar-refractivity contribution in [2.75, 3.05) is 0 Å². The fraction of sp³-hybridized carbons (Fsp3) is 0. The lowest BCUT2D eigenvalue weighted by molar-refractivity contribution is 0.669. The predicted octanol–water partition coefficient (Wildman–Crippen LogP) is 13.9. The van der Waals surface area contributed by atoms with Crippen LogP contribution in [-0.4, -0.2) is 19.5 Å². The maximum Gasteiger partial charge on any atom is 0.164 e. The Bertz CT molecular complexity index is 3490. The standard InChI is InChI=1S/C51H30N4OS/c1-2-12-31(13-3-1)49-52-50(33-23-25-39-38-17-7-11-21-45(38)56-46(39)28-33)54-51(53-49)34-24-27-41-40-26-22-32(29-47(40)57-48(41)30-34)35-14-4-8-18-42(35)55-43-19-9-5-15-36(43)37-16-6-10-20-44(37)55/h1-30H. The van der Waals surface area contributed by atoms with E-state index in [0.29, 0.717) is 17.5 Å². The molecule has 0 aliphatic rings. The summed E-state index contributed by atoms with van der Waals surface area (Å²) < 4.78 is 11.1. The second kappa shape index (κ2) is 12.6. The molecule has 0 atom stereocenters. The summed E-state index contributed by atoms with van der Waals surface area (Å²) in [6.45, 7) is 0. The highest BCUT2D eigenvalue weighted by molar-refractivity contribution is 7.25. The third kappa shape index (κ3) is 5.12. The molecule has 0 bridgehead atoms. The number of hydrogen-bond acceptors (Lipinski definition) is 5. The Kier molecular flexibility index (Phi) is 7.03. The summed E-state index contributed by atoms with van der Waals surface area (Å²) in [6, 6.07) is 64.0. The van der Waals surface area contributed by atoms with Gasteiger partial charge in [0.2, 0.25) is 0 Å². The number of nitrogens with zero attached hydrogens (tertiary/aromatic N) is 4. The third-order valence-electron chi connectivity index (χ3n) is 11.1. The van der Waals surface area contributed by atoms with Gasteiger partial charge in [-0.25, -0.2) is 15.0 Å². The third-order valence-corrected chi connectivity index (χ3v) is 12.2. The SMILES string of the molecule is c1ccc(-c2nc(-c3ccc4c(c3)oc3ccccc34)nc(-c3ccc4c(c3)sc3cc(-c5ccccc5-n5c6ccccc6c6ccccc65)ccc34)n2)cc1. The molecule has 12 aromatic rings. The molecule has 0 fully saturated rings. The molecule has 5 nitrogen and oxygen atoms in total. The molecular weight excluding hydrogens is 717 g/mol. The fourth-order valence-corrected chi connectivity index (χ4v) is 9.58. The van der Waals surface area contributed by atoms with Crippen molar-refractivity contribution in [2.24, 2.45) is 0 Å². The van der Waals surface area contributed by atoms with Gasteiger partial charge in [0.1, 0.15) is 11.2 Å². The van der Waals surface area contributed by atoms with Crippen molar-refractivity contribution in [3.63, 3.8) is 0 Å². The quantitative estimate of drug-likeness (QED) is 0.176. The Labute approximate surface area is 330 Å². The second-order valence-electron chi connectivity index (χ2n) is 14.4. The Balaban J connectivity index is 0.977. The lowest BCUT2D eigenvalue weighted by atomic mass is 10.0. The van der Waals surface area contributed by atoms with Gasteiger partial charge >= 0.3 is 0 Å². The van der Waals surface area contributed by atoms with Gasteiger partial charge in [0, 0.05) is 64.0 Å². The zero-order valence-electron chi connectivity index (χ0n) is 30.4. The monoisotopic (exact) mass is 746 g/mol. The zero-order valence-corrected chi connectivity index (χ0v) is 31.2. The summed E-state index contributed by atoms with van der Waals surface area (Å²) in [4.78, 5) is 15.1. The molecule has 0 amide bonds. The Morgan fingerprint density at radius 3 is 1.60 bits per heavy atom. The number of hydrogen-bond donors (Lipinski definition) is 0. The number of rotatable bonds is 5. The lowest BCUT2D eigenvalue weighted by Gasteiger charge is -2.14. The van der Waals surface area contributed by atoms with Gasteiger partial charge in [-0.2, -0.15) is 0 Å². The predicted molar refractivity (Wildman–Crippen MR) is 236 cm³/mol. The van der Waals surface area contributed by atoms with Gasteiger partial charge in [-0.15, -0.1) is 11.3 Å². The normalized spacial score (nSPS) is 11.9. The van der Waals surface area contributed by atoms with E-state index in [-0.39, 0.29) is 0 Å². The van der Waals surface area contributed by atoms with Crippen LogP contribution in [0.4, 0.5) is 0 Å². The lowest BCUT2D eigenvalue weighted by Crippen LogP contribution is -2.00. The number of para-hydroxylation sites is 4. The van der Waals surface area contributed by atoms with Gasteiger partial charge in [0.25, 0.3) is 0 Å². The summed E-state index contributed by atoms with van der Waals surface area (Å²) in [5.41, 5.74) is 10.4. The summed E-state index contributed by atoms with van der Waals surface area (Å²) in [7, 11) is 0. The van der Waals surface area contributed by atoms with Crippen LogP contribution in [0.5, 0.6) is 0 Å². The van der Waals surface area contributed by atoms with Gasteiger partial charge in [-0.3, -0.25) is 0 Å². The Morgan fingerprint density at radius 1 is 0.368 bits per heavy atom. The van der Waals surface area contributed by atoms with Crippen LogP contribution in [0.2, 0.25) is 0 Å². The van der Waals surface area contributed by atoms with Gasteiger partial charge in [0.15, 0.2) is 17.5 Å². The van der Waals surface area contributed by atoms with E-state index in [2.05, 4.69) is 132 Å². The van der Waals surface area contributed by atoms with Crippen LogP contribution in [0.1, 0.15) is 0 Å². The van der Waals surface area contributed by atoms with Crippen LogP contribution >= 0.6 is 11.3 Å². The molecule has 0 radical (unpaired) electrons. The molecule has 57 heavy (non-hydrogen) atoms. The number of furan rings is 1. The van der Waals surface area contributed by atoms with Crippen molar-refractivity contribution >= 4 is 75.3 Å². The fourth-order valence-electron chi connectivity index (χ4n) is 8.39. The van der Waals surface area contributed by atoms with E-state index < -0.39 is 0 Å². The molecule has 6 heteroatoms. The molecule has 0 spiro atoms. The average Bonchev–Trinajstić information content (AvgIpc) is 3.95. The van der Waals surface area contributed by atoms with Crippen molar-refractivity contribution in [1.82, 2.24) is 19.5 Å². The van der Waals surface area contributed by atoms with Crippen LogP contribution in [0.25, 0.3) is 115 Å². The van der Waals surface area contributed by atoms with E-state index in [1.54, 1.807) is 11.3 Å². The molecule has 8 aromatic carbocycles. The van der Waals surface area contributed by atoms with E-state index >= 15 is 0 Å². The smallest absolute Gasteiger partial charge is 0.164 e. The van der Waals surface area contributed by atoms with Crippen LogP contribution in [-0.2, 0) is 0 Å². The zero-order chi connectivity index (χ0) is 37.5. The molecule has 12 rings (SSSR count). The summed E-state index contributed by atoms with van der Waals surface area (Å²) in [5.74, 6) is 1.86. The minimum Gasteiger partial charge on any atom is -0.456 e. The highest BCUT2D eigenvalue weighted by Gasteiger charge is 2.18. The molecule has 4 aromatic heterocycles. The van der Waals surface area contributed by atoms with Crippen molar-refractivity contribution < 1.29 is 4.42 Å². The van der Waals surface area contributed by atoms with Crippen molar-refractivity contribution in [3.8, 4) is 51.0 Å². The van der Waals surface area contributed by atoms with Gasteiger partial charge < -0.3 is 8.98 Å². The molecule has 266 valence electrons. The van der Waals surface area contributed by atoms with Gasteiger partial charge in [0.05, 0.1) is 16.7 Å². The van der Waals surface area contributed by atoms with Crippen LogP contribution in [0.15, 0.2) is 186 Å².